The van der Waals surface area contributed by atoms with Gasteiger partial charge in [-0.25, -0.2) is 0 Å². The van der Waals surface area contributed by atoms with Crippen LogP contribution in [0.3, 0.4) is 0 Å². The Morgan fingerprint density at radius 3 is 2.27 bits per heavy atom. The van der Waals surface area contributed by atoms with E-state index in [-0.39, 0.29) is 6.61 Å². The van der Waals surface area contributed by atoms with E-state index in [9.17, 15) is 9.59 Å². The lowest BCUT2D eigenvalue weighted by Gasteiger charge is -2.06. The number of amides is 2. The monoisotopic (exact) mass is 297 g/mol. The molecule has 2 amide bonds. The first-order valence-corrected chi connectivity index (χ1v) is 6.60. The fourth-order valence-electron chi connectivity index (χ4n) is 1.56. The van der Waals surface area contributed by atoms with Crippen molar-refractivity contribution in [1.82, 2.24) is 10.9 Å². The molecule has 0 bridgehead atoms. The molecule has 2 N–H and O–H groups in total. The van der Waals surface area contributed by atoms with E-state index in [1.165, 1.54) is 6.21 Å². The van der Waals surface area contributed by atoms with Crippen LogP contribution in [0, 0.1) is 0 Å². The van der Waals surface area contributed by atoms with Crippen LogP contribution in [0.25, 0.3) is 0 Å². The van der Waals surface area contributed by atoms with Crippen molar-refractivity contribution in [2.24, 2.45) is 5.16 Å². The molecule has 0 atom stereocenters. The van der Waals surface area contributed by atoms with E-state index in [1.807, 2.05) is 30.3 Å². The third-order valence-electron chi connectivity index (χ3n) is 2.62. The lowest BCUT2D eigenvalue weighted by molar-refractivity contribution is -0.126. The predicted octanol–water partition coefficient (Wildman–Crippen LogP) is 1.50. The first-order chi connectivity index (χ1) is 10.8. The molecule has 0 unspecified atom stereocenters. The van der Waals surface area contributed by atoms with Crippen LogP contribution >= 0.6 is 0 Å². The van der Waals surface area contributed by atoms with Crippen LogP contribution in [0.1, 0.15) is 15.9 Å². The average Bonchev–Trinajstić information content (AvgIpc) is 2.58. The van der Waals surface area contributed by atoms with Crippen LogP contribution < -0.4 is 10.9 Å². The first-order valence-electron chi connectivity index (χ1n) is 6.60. The van der Waals surface area contributed by atoms with Gasteiger partial charge in [0, 0.05) is 5.56 Å². The van der Waals surface area contributed by atoms with Gasteiger partial charge >= 0.3 is 0 Å². The number of oxime groups is 1. The van der Waals surface area contributed by atoms with E-state index in [0.717, 1.165) is 5.56 Å². The van der Waals surface area contributed by atoms with Crippen molar-refractivity contribution in [3.05, 3.63) is 71.8 Å². The smallest absolute Gasteiger partial charge is 0.279 e. The fraction of sp³-hybridized carbons (Fsp3) is 0.0625. The molecule has 2 rings (SSSR count). The van der Waals surface area contributed by atoms with Crippen molar-refractivity contribution in [2.75, 3.05) is 6.61 Å². The maximum Gasteiger partial charge on any atom is 0.279 e. The van der Waals surface area contributed by atoms with E-state index in [2.05, 4.69) is 16.0 Å². The van der Waals surface area contributed by atoms with Gasteiger partial charge in [-0.2, -0.15) is 0 Å². The molecule has 2 aromatic carbocycles. The highest BCUT2D eigenvalue weighted by Crippen LogP contribution is 1.97. The molecule has 0 aliphatic heterocycles. The lowest BCUT2D eigenvalue weighted by Crippen LogP contribution is -2.43. The van der Waals surface area contributed by atoms with Gasteiger partial charge in [-0.1, -0.05) is 53.7 Å². The normalized spacial score (nSPS) is 10.2. The summed E-state index contributed by atoms with van der Waals surface area (Å²) in [6.07, 6.45) is 1.50. The fourth-order valence-corrected chi connectivity index (χ4v) is 1.56. The summed E-state index contributed by atoms with van der Waals surface area (Å²) < 4.78 is 0. The quantitative estimate of drug-likeness (QED) is 0.648. The topological polar surface area (TPSA) is 79.8 Å². The van der Waals surface area contributed by atoms with Crippen molar-refractivity contribution in [1.29, 1.82) is 0 Å². The maximum atomic E-state index is 11.7. The van der Waals surface area contributed by atoms with Crippen molar-refractivity contribution in [2.45, 2.75) is 0 Å². The van der Waals surface area contributed by atoms with E-state index in [1.54, 1.807) is 30.3 Å². The Morgan fingerprint density at radius 1 is 0.955 bits per heavy atom. The van der Waals surface area contributed by atoms with Gasteiger partial charge in [-0.05, 0) is 17.7 Å². The number of carbonyl (C=O) groups is 2. The molecule has 0 heterocycles. The number of nitrogens with zero attached hydrogens (tertiary/aromatic N) is 1. The number of rotatable bonds is 5. The Hall–Kier alpha value is -3.15. The van der Waals surface area contributed by atoms with Crippen LogP contribution in [0.4, 0.5) is 0 Å². The third kappa shape index (κ3) is 5.09. The summed E-state index contributed by atoms with van der Waals surface area (Å²) in [5, 5.41) is 3.67. The molecule has 0 saturated carbocycles. The van der Waals surface area contributed by atoms with Crippen molar-refractivity contribution in [3.8, 4) is 0 Å². The minimum Gasteiger partial charge on any atom is -0.386 e. The number of benzene rings is 2. The summed E-state index contributed by atoms with van der Waals surface area (Å²) in [7, 11) is 0. The molecule has 0 aliphatic rings. The molecule has 112 valence electrons. The Balaban J connectivity index is 1.68. The number of hydrogen-bond acceptors (Lipinski definition) is 4. The standard InChI is InChI=1S/C16H15N3O3/c20-15(12-22-17-11-13-7-3-1-4-8-13)18-19-16(21)14-9-5-2-6-10-14/h1-11H,12H2,(H,18,20)(H,19,21)/b17-11+. The van der Waals surface area contributed by atoms with Gasteiger partial charge in [-0.15, -0.1) is 0 Å². The van der Waals surface area contributed by atoms with Crippen LogP contribution in [-0.4, -0.2) is 24.6 Å². The average molecular weight is 297 g/mol. The highest BCUT2D eigenvalue weighted by Gasteiger charge is 2.06. The number of hydrogen-bond donors (Lipinski definition) is 2. The highest BCUT2D eigenvalue weighted by molar-refractivity contribution is 5.95. The van der Waals surface area contributed by atoms with Crippen LogP contribution in [0.2, 0.25) is 0 Å². The number of hydrazine groups is 1. The molecule has 0 aromatic heterocycles. The Kier molecular flexibility index (Phi) is 5.69. The Bertz CT molecular complexity index is 642. The van der Waals surface area contributed by atoms with Gasteiger partial charge < -0.3 is 4.84 Å². The van der Waals surface area contributed by atoms with Gasteiger partial charge in [0.25, 0.3) is 11.8 Å². The summed E-state index contributed by atoms with van der Waals surface area (Å²) in [4.78, 5) is 28.0. The second-order valence-corrected chi connectivity index (χ2v) is 4.29. The molecule has 0 saturated heterocycles. The molecule has 0 aliphatic carbocycles. The highest BCUT2D eigenvalue weighted by atomic mass is 16.6. The predicted molar refractivity (Wildman–Crippen MR) is 82.0 cm³/mol. The van der Waals surface area contributed by atoms with Crippen LogP contribution in [0.5, 0.6) is 0 Å². The van der Waals surface area contributed by atoms with Gasteiger partial charge in [0.1, 0.15) is 0 Å². The largest absolute Gasteiger partial charge is 0.386 e. The molecule has 22 heavy (non-hydrogen) atoms. The molecule has 6 heteroatoms. The third-order valence-corrected chi connectivity index (χ3v) is 2.62. The summed E-state index contributed by atoms with van der Waals surface area (Å²) in [5.74, 6) is -0.906. The zero-order valence-electron chi connectivity index (χ0n) is 11.7. The summed E-state index contributed by atoms with van der Waals surface area (Å²) >= 11 is 0. The minimum absolute atomic E-state index is 0.293. The first kappa shape index (κ1) is 15.2. The summed E-state index contributed by atoms with van der Waals surface area (Å²) in [6, 6.07) is 17.9. The Labute approximate surface area is 127 Å². The zero-order chi connectivity index (χ0) is 15.6. The number of nitrogens with one attached hydrogen (secondary N) is 2. The van der Waals surface area contributed by atoms with Gasteiger partial charge in [-0.3, -0.25) is 20.4 Å². The van der Waals surface area contributed by atoms with Gasteiger partial charge in [0.2, 0.25) is 0 Å². The van der Waals surface area contributed by atoms with E-state index < -0.39 is 11.8 Å². The van der Waals surface area contributed by atoms with Gasteiger partial charge in [0.15, 0.2) is 6.61 Å². The molecule has 6 nitrogen and oxygen atoms in total. The zero-order valence-corrected chi connectivity index (χ0v) is 11.7. The van der Waals surface area contributed by atoms with Crippen LogP contribution in [0.15, 0.2) is 65.8 Å². The van der Waals surface area contributed by atoms with Crippen LogP contribution in [-0.2, 0) is 9.63 Å². The van der Waals surface area contributed by atoms with Crippen molar-refractivity contribution >= 4 is 18.0 Å². The SMILES string of the molecule is O=C(CO/N=C/c1ccccc1)NNC(=O)c1ccccc1. The van der Waals surface area contributed by atoms with Crippen molar-refractivity contribution < 1.29 is 14.4 Å². The molecule has 0 radical (unpaired) electrons. The molecule has 2 aromatic rings. The summed E-state index contributed by atoms with van der Waals surface area (Å²) in [5.41, 5.74) is 5.84. The molecular formula is C16H15N3O3. The maximum absolute atomic E-state index is 11.7. The Morgan fingerprint density at radius 2 is 1.59 bits per heavy atom. The second-order valence-electron chi connectivity index (χ2n) is 4.29. The minimum atomic E-state index is -0.505. The molecule has 0 spiro atoms. The lowest BCUT2D eigenvalue weighted by atomic mass is 10.2. The summed E-state index contributed by atoms with van der Waals surface area (Å²) in [6.45, 7) is -0.293. The van der Waals surface area contributed by atoms with Gasteiger partial charge in [0.05, 0.1) is 6.21 Å². The van der Waals surface area contributed by atoms with E-state index in [4.69, 9.17) is 4.84 Å². The van der Waals surface area contributed by atoms with E-state index in [0.29, 0.717) is 5.56 Å². The molecule has 0 fully saturated rings. The molecular weight excluding hydrogens is 282 g/mol. The van der Waals surface area contributed by atoms with Crippen molar-refractivity contribution in [3.63, 3.8) is 0 Å². The second kappa shape index (κ2) is 8.21. The van der Waals surface area contributed by atoms with E-state index >= 15 is 0 Å². The number of carbonyl (C=O) groups excluding carboxylic acids is 2.